The van der Waals surface area contributed by atoms with E-state index in [0.717, 1.165) is 58.9 Å². The molecule has 0 aliphatic carbocycles. The Kier molecular flexibility index (Phi) is 6.06. The van der Waals surface area contributed by atoms with Gasteiger partial charge >= 0.3 is 0 Å². The summed E-state index contributed by atoms with van der Waals surface area (Å²) in [4.78, 5) is 22.5. The minimum Gasteiger partial charge on any atom is -0.336 e. The van der Waals surface area contributed by atoms with Gasteiger partial charge < -0.3 is 4.90 Å². The highest BCUT2D eigenvalue weighted by atomic mass is 16.2. The van der Waals surface area contributed by atoms with E-state index in [4.69, 9.17) is 4.98 Å². The molecule has 1 aliphatic rings. The topological polar surface area (TPSA) is 41.4 Å². The van der Waals surface area contributed by atoms with Crippen LogP contribution in [0.1, 0.15) is 16.2 Å². The highest BCUT2D eigenvalue weighted by Crippen LogP contribution is 2.24. The molecule has 1 fully saturated rings. The maximum Gasteiger partial charge on any atom is 0.253 e. The highest BCUT2D eigenvalue weighted by molar-refractivity contribution is 5.94. The lowest BCUT2D eigenvalue weighted by Gasteiger charge is -2.34. The summed E-state index contributed by atoms with van der Waals surface area (Å²) in [6, 6.07) is 36.9. The zero-order valence-corrected chi connectivity index (χ0v) is 20.1. The molecule has 0 N–H and O–H groups in total. The van der Waals surface area contributed by atoms with Crippen molar-refractivity contribution in [1.29, 1.82) is 0 Å². The molecular weight excluding hydrogens is 444 g/mol. The number of piperazine rings is 1. The molecule has 36 heavy (non-hydrogen) atoms. The van der Waals surface area contributed by atoms with Crippen LogP contribution in [0, 0.1) is 0 Å². The standard InChI is InChI=1S/C31H28N4O/c36-31(26-17-15-25(16-18-26)24-9-3-1-4-10-24)34-21-19-33(20-22-34)23-30-32-28-13-7-8-14-29(28)35(30)27-11-5-2-6-12-27/h1-18H,19-23H2. The van der Waals surface area contributed by atoms with Crippen LogP contribution in [-0.2, 0) is 6.54 Å². The lowest BCUT2D eigenvalue weighted by atomic mass is 10.0. The molecule has 1 aliphatic heterocycles. The van der Waals surface area contributed by atoms with Crippen LogP contribution in [0.15, 0.2) is 109 Å². The van der Waals surface area contributed by atoms with Crippen molar-refractivity contribution < 1.29 is 4.79 Å². The normalized spacial score (nSPS) is 14.3. The third kappa shape index (κ3) is 4.41. The smallest absolute Gasteiger partial charge is 0.253 e. The third-order valence-electron chi connectivity index (χ3n) is 6.91. The summed E-state index contributed by atoms with van der Waals surface area (Å²) in [6.07, 6.45) is 0. The van der Waals surface area contributed by atoms with Crippen LogP contribution in [0.4, 0.5) is 0 Å². The van der Waals surface area contributed by atoms with Gasteiger partial charge in [-0.1, -0.05) is 72.8 Å². The third-order valence-corrected chi connectivity index (χ3v) is 6.91. The minimum atomic E-state index is 0.103. The molecule has 0 spiro atoms. The number of aromatic nitrogens is 2. The molecule has 178 valence electrons. The number of carbonyl (C=O) groups is 1. The highest BCUT2D eigenvalue weighted by Gasteiger charge is 2.24. The van der Waals surface area contributed by atoms with Crippen molar-refractivity contribution in [3.8, 4) is 16.8 Å². The second-order valence-electron chi connectivity index (χ2n) is 9.20. The molecule has 1 aromatic heterocycles. The molecule has 0 bridgehead atoms. The lowest BCUT2D eigenvalue weighted by molar-refractivity contribution is 0.0625. The number of nitrogens with zero attached hydrogens (tertiary/aromatic N) is 4. The van der Waals surface area contributed by atoms with Crippen LogP contribution in [0.2, 0.25) is 0 Å². The number of benzene rings is 4. The van der Waals surface area contributed by atoms with Crippen molar-refractivity contribution in [2.75, 3.05) is 26.2 Å². The van der Waals surface area contributed by atoms with Crippen molar-refractivity contribution in [3.63, 3.8) is 0 Å². The Labute approximate surface area is 211 Å². The first-order chi connectivity index (χ1) is 17.8. The van der Waals surface area contributed by atoms with Gasteiger partial charge in [-0.3, -0.25) is 14.3 Å². The van der Waals surface area contributed by atoms with Gasteiger partial charge in [-0.2, -0.15) is 0 Å². The monoisotopic (exact) mass is 472 g/mol. The Bertz CT molecular complexity index is 1470. The van der Waals surface area contributed by atoms with Crippen LogP contribution >= 0.6 is 0 Å². The number of imidazole rings is 1. The van der Waals surface area contributed by atoms with Crippen LogP contribution in [0.25, 0.3) is 27.8 Å². The Morgan fingerprint density at radius 1 is 0.667 bits per heavy atom. The number of fused-ring (bicyclic) bond motifs is 1. The Morgan fingerprint density at radius 3 is 2.00 bits per heavy atom. The SMILES string of the molecule is O=C(c1ccc(-c2ccccc2)cc1)N1CCN(Cc2nc3ccccc3n2-c2ccccc2)CC1. The van der Waals surface area contributed by atoms with Crippen LogP contribution in [-0.4, -0.2) is 51.4 Å². The molecule has 1 amide bonds. The summed E-state index contributed by atoms with van der Waals surface area (Å²) >= 11 is 0. The number of amides is 1. The molecular formula is C31H28N4O. The fourth-order valence-electron chi connectivity index (χ4n) is 4.97. The van der Waals surface area contributed by atoms with E-state index >= 15 is 0 Å². The van der Waals surface area contributed by atoms with Gasteiger partial charge in [0.05, 0.1) is 17.6 Å². The van der Waals surface area contributed by atoms with Gasteiger partial charge in [0.1, 0.15) is 5.82 Å². The van der Waals surface area contributed by atoms with E-state index in [1.54, 1.807) is 0 Å². The van der Waals surface area contributed by atoms with Gasteiger partial charge in [0.2, 0.25) is 0 Å². The zero-order valence-electron chi connectivity index (χ0n) is 20.1. The summed E-state index contributed by atoms with van der Waals surface area (Å²) in [7, 11) is 0. The summed E-state index contributed by atoms with van der Waals surface area (Å²) in [6.45, 7) is 3.82. The molecule has 0 unspecified atom stereocenters. The van der Waals surface area contributed by atoms with Crippen LogP contribution < -0.4 is 0 Å². The fourth-order valence-corrected chi connectivity index (χ4v) is 4.97. The lowest BCUT2D eigenvalue weighted by Crippen LogP contribution is -2.48. The fraction of sp³-hybridized carbons (Fsp3) is 0.161. The van der Waals surface area contributed by atoms with Crippen molar-refractivity contribution in [2.24, 2.45) is 0 Å². The van der Waals surface area contributed by atoms with E-state index < -0.39 is 0 Å². The first-order valence-corrected chi connectivity index (χ1v) is 12.5. The second-order valence-corrected chi connectivity index (χ2v) is 9.20. The average molecular weight is 473 g/mol. The zero-order chi connectivity index (χ0) is 24.3. The molecule has 5 aromatic rings. The molecule has 4 aromatic carbocycles. The number of para-hydroxylation sites is 3. The predicted octanol–water partition coefficient (Wildman–Crippen LogP) is 5.65. The summed E-state index contributed by atoms with van der Waals surface area (Å²) in [5.41, 5.74) is 6.27. The molecule has 0 radical (unpaired) electrons. The Balaban J connectivity index is 1.14. The van der Waals surface area contributed by atoms with Gasteiger partial charge in [-0.05, 0) is 47.5 Å². The van der Waals surface area contributed by atoms with Crippen LogP contribution in [0.5, 0.6) is 0 Å². The van der Waals surface area contributed by atoms with Gasteiger partial charge in [-0.15, -0.1) is 0 Å². The number of carbonyl (C=O) groups excluding carboxylic acids is 1. The van der Waals surface area contributed by atoms with E-state index in [1.807, 2.05) is 59.5 Å². The summed E-state index contributed by atoms with van der Waals surface area (Å²) < 4.78 is 2.25. The summed E-state index contributed by atoms with van der Waals surface area (Å²) in [5, 5.41) is 0. The van der Waals surface area contributed by atoms with Crippen molar-refractivity contribution in [2.45, 2.75) is 6.54 Å². The number of hydrogen-bond donors (Lipinski definition) is 0. The van der Waals surface area contributed by atoms with Gasteiger partial charge in [0, 0.05) is 37.4 Å². The Hall–Kier alpha value is -4.22. The van der Waals surface area contributed by atoms with Crippen molar-refractivity contribution in [3.05, 3.63) is 121 Å². The van der Waals surface area contributed by atoms with E-state index in [2.05, 4.69) is 64.1 Å². The number of hydrogen-bond acceptors (Lipinski definition) is 3. The Morgan fingerprint density at radius 2 is 1.28 bits per heavy atom. The predicted molar refractivity (Wildman–Crippen MR) is 144 cm³/mol. The minimum absolute atomic E-state index is 0.103. The second kappa shape index (κ2) is 9.80. The van der Waals surface area contributed by atoms with Crippen molar-refractivity contribution in [1.82, 2.24) is 19.4 Å². The largest absolute Gasteiger partial charge is 0.336 e. The molecule has 5 nitrogen and oxygen atoms in total. The van der Waals surface area contributed by atoms with Gasteiger partial charge in [0.25, 0.3) is 5.91 Å². The van der Waals surface area contributed by atoms with E-state index in [9.17, 15) is 4.79 Å². The van der Waals surface area contributed by atoms with Gasteiger partial charge in [0.15, 0.2) is 0 Å². The number of rotatable bonds is 5. The first-order valence-electron chi connectivity index (χ1n) is 12.5. The maximum atomic E-state index is 13.2. The molecule has 0 saturated carbocycles. The van der Waals surface area contributed by atoms with E-state index in [1.165, 1.54) is 0 Å². The molecule has 6 rings (SSSR count). The molecule has 5 heteroatoms. The van der Waals surface area contributed by atoms with Crippen LogP contribution in [0.3, 0.4) is 0 Å². The maximum absolute atomic E-state index is 13.2. The van der Waals surface area contributed by atoms with Gasteiger partial charge in [-0.25, -0.2) is 4.98 Å². The van der Waals surface area contributed by atoms with E-state index in [-0.39, 0.29) is 5.91 Å². The summed E-state index contributed by atoms with van der Waals surface area (Å²) in [5.74, 6) is 1.13. The first kappa shape index (κ1) is 22.3. The van der Waals surface area contributed by atoms with Crippen molar-refractivity contribution >= 4 is 16.9 Å². The molecule has 2 heterocycles. The van der Waals surface area contributed by atoms with E-state index in [0.29, 0.717) is 13.1 Å². The average Bonchev–Trinajstić information content (AvgIpc) is 3.32. The quantitative estimate of drug-likeness (QED) is 0.332. The molecule has 0 atom stereocenters. The molecule has 1 saturated heterocycles.